The summed E-state index contributed by atoms with van der Waals surface area (Å²) in [5.41, 5.74) is 0.163. The lowest BCUT2D eigenvalue weighted by atomic mass is 10.2. The van der Waals surface area contributed by atoms with Crippen molar-refractivity contribution in [3.63, 3.8) is 0 Å². The number of ether oxygens (including phenoxy) is 2. The van der Waals surface area contributed by atoms with Gasteiger partial charge in [-0.1, -0.05) is 46.7 Å². The largest absolute Gasteiger partial charge is 0.493 e. The zero-order valence-electron chi connectivity index (χ0n) is 16.8. The third-order valence-corrected chi connectivity index (χ3v) is 7.29. The first-order valence-corrected chi connectivity index (χ1v) is 12.1. The van der Waals surface area contributed by atoms with Gasteiger partial charge in [-0.05, 0) is 37.3 Å². The molecule has 170 valence electrons. The van der Waals surface area contributed by atoms with Gasteiger partial charge < -0.3 is 9.47 Å². The van der Waals surface area contributed by atoms with Crippen LogP contribution in [0.1, 0.15) is 17.3 Å². The number of sulfonamides is 1. The Morgan fingerprint density at radius 1 is 1.16 bits per heavy atom. The second-order valence-corrected chi connectivity index (χ2v) is 10.1. The summed E-state index contributed by atoms with van der Waals surface area (Å²) in [5.74, 6) is 0.453. The van der Waals surface area contributed by atoms with Crippen LogP contribution in [-0.2, 0) is 10.0 Å². The molecule has 0 spiro atoms. The highest BCUT2D eigenvalue weighted by Gasteiger charge is 2.24. The number of rotatable bonds is 9. The zero-order chi connectivity index (χ0) is 23.3. The Morgan fingerprint density at radius 3 is 2.56 bits per heavy atom. The highest BCUT2D eigenvalue weighted by Crippen LogP contribution is 2.26. The van der Waals surface area contributed by atoms with Crippen molar-refractivity contribution < 1.29 is 22.7 Å². The first kappa shape index (κ1) is 24.2. The number of nitrogens with zero attached hydrogens (tertiary/aromatic N) is 2. The number of carbonyl (C=O) groups excluding carboxylic acids is 1. The Bertz CT molecular complexity index is 1220. The van der Waals surface area contributed by atoms with Gasteiger partial charge in [0.1, 0.15) is 6.61 Å². The Morgan fingerprint density at radius 2 is 1.88 bits per heavy atom. The second kappa shape index (κ2) is 10.5. The highest BCUT2D eigenvalue weighted by molar-refractivity contribution is 7.91. The van der Waals surface area contributed by atoms with E-state index in [9.17, 15) is 13.2 Å². The number of halogens is 2. The molecule has 0 fully saturated rings. The van der Waals surface area contributed by atoms with E-state index < -0.39 is 22.0 Å². The molecule has 32 heavy (non-hydrogen) atoms. The van der Waals surface area contributed by atoms with E-state index in [-0.39, 0.29) is 26.7 Å². The van der Waals surface area contributed by atoms with Crippen LogP contribution in [0.4, 0.5) is 5.13 Å². The van der Waals surface area contributed by atoms with Crippen molar-refractivity contribution in [2.24, 2.45) is 0 Å². The van der Waals surface area contributed by atoms with Crippen molar-refractivity contribution in [2.75, 3.05) is 19.0 Å². The number of amides is 1. The normalized spacial score (nSPS) is 12.2. The molecule has 1 unspecified atom stereocenters. The van der Waals surface area contributed by atoms with Gasteiger partial charge in [0, 0.05) is 5.02 Å². The van der Waals surface area contributed by atoms with Gasteiger partial charge in [-0.15, -0.1) is 10.2 Å². The predicted octanol–water partition coefficient (Wildman–Crippen LogP) is 3.85. The standard InChI is InChI=1S/C19H18Cl2N4O5S2/c1-11(10-30-16-6-4-3-5-15(16)29-2)25-32(27,28)19-24-23-18(31-19)22-17(26)13-8-7-12(20)9-14(13)21/h3-9,11,25H,10H2,1-2H3,(H,22,23,26). The fourth-order valence-corrected chi connectivity index (χ4v) is 5.14. The molecule has 2 N–H and O–H groups in total. The molecule has 1 atom stereocenters. The lowest BCUT2D eigenvalue weighted by Crippen LogP contribution is -2.36. The van der Waals surface area contributed by atoms with E-state index in [1.165, 1.54) is 25.3 Å². The summed E-state index contributed by atoms with van der Waals surface area (Å²) >= 11 is 12.5. The van der Waals surface area contributed by atoms with Gasteiger partial charge in [0.2, 0.25) is 9.47 Å². The molecule has 13 heteroatoms. The van der Waals surface area contributed by atoms with Gasteiger partial charge in [-0.25, -0.2) is 13.1 Å². The minimum atomic E-state index is -3.98. The highest BCUT2D eigenvalue weighted by atomic mass is 35.5. The number of aromatic nitrogens is 2. The number of nitrogens with one attached hydrogen (secondary N) is 2. The third kappa shape index (κ3) is 6.08. The van der Waals surface area contributed by atoms with Crippen LogP contribution in [0.15, 0.2) is 46.8 Å². The molecule has 0 aliphatic heterocycles. The van der Waals surface area contributed by atoms with E-state index in [0.717, 1.165) is 0 Å². The van der Waals surface area contributed by atoms with Crippen LogP contribution in [0.25, 0.3) is 0 Å². The molecule has 1 aromatic heterocycles. The Balaban J connectivity index is 1.62. The number of anilines is 1. The summed E-state index contributed by atoms with van der Waals surface area (Å²) < 4.78 is 38.2. The van der Waals surface area contributed by atoms with Crippen molar-refractivity contribution in [2.45, 2.75) is 17.3 Å². The smallest absolute Gasteiger partial charge is 0.270 e. The van der Waals surface area contributed by atoms with E-state index in [0.29, 0.717) is 27.9 Å². The maximum absolute atomic E-state index is 12.6. The minimum Gasteiger partial charge on any atom is -0.493 e. The van der Waals surface area contributed by atoms with Crippen LogP contribution < -0.4 is 19.5 Å². The molecule has 9 nitrogen and oxygen atoms in total. The molecular weight excluding hydrogens is 499 g/mol. The SMILES string of the molecule is COc1ccccc1OCC(C)NS(=O)(=O)c1nnc(NC(=O)c2ccc(Cl)cc2Cl)s1. The van der Waals surface area contributed by atoms with Gasteiger partial charge >= 0.3 is 0 Å². The Hall–Kier alpha value is -2.44. The van der Waals surface area contributed by atoms with Gasteiger partial charge in [-0.2, -0.15) is 0 Å². The summed E-state index contributed by atoms with van der Waals surface area (Å²) in [4.78, 5) is 12.4. The molecule has 0 aliphatic rings. The van der Waals surface area contributed by atoms with E-state index in [2.05, 4.69) is 20.2 Å². The van der Waals surface area contributed by atoms with Gasteiger partial charge in [-0.3, -0.25) is 10.1 Å². The van der Waals surface area contributed by atoms with E-state index in [1.807, 2.05) is 0 Å². The molecular formula is C19H18Cl2N4O5S2. The fraction of sp³-hybridized carbons (Fsp3) is 0.211. The maximum atomic E-state index is 12.6. The van der Waals surface area contributed by atoms with Crippen LogP contribution in [0.3, 0.4) is 0 Å². The summed E-state index contributed by atoms with van der Waals surface area (Å²) in [5, 5.41) is 10.4. The lowest BCUT2D eigenvalue weighted by Gasteiger charge is -2.15. The van der Waals surface area contributed by atoms with Gasteiger partial charge in [0.25, 0.3) is 15.9 Å². The summed E-state index contributed by atoms with van der Waals surface area (Å²) in [7, 11) is -2.47. The van der Waals surface area contributed by atoms with Crippen molar-refractivity contribution in [1.29, 1.82) is 0 Å². The second-order valence-electron chi connectivity index (χ2n) is 6.44. The molecule has 1 heterocycles. The molecule has 0 saturated carbocycles. The van der Waals surface area contributed by atoms with Crippen LogP contribution >= 0.6 is 34.5 Å². The van der Waals surface area contributed by atoms with Crippen LogP contribution in [-0.4, -0.2) is 44.3 Å². The topological polar surface area (TPSA) is 120 Å². The molecule has 0 saturated heterocycles. The first-order valence-electron chi connectivity index (χ1n) is 9.07. The molecule has 3 aromatic rings. The fourth-order valence-electron chi connectivity index (χ4n) is 2.51. The first-order chi connectivity index (χ1) is 15.2. The van der Waals surface area contributed by atoms with Gasteiger partial charge in [0.05, 0.1) is 23.7 Å². The average Bonchev–Trinajstić information content (AvgIpc) is 3.21. The average molecular weight is 517 g/mol. The Kier molecular flexibility index (Phi) is 7.91. The Labute approximate surface area is 198 Å². The van der Waals surface area contributed by atoms with Crippen LogP contribution in [0.5, 0.6) is 11.5 Å². The number of hydrogen-bond donors (Lipinski definition) is 2. The molecule has 0 radical (unpaired) electrons. The molecule has 0 aliphatic carbocycles. The van der Waals surface area contributed by atoms with E-state index in [4.69, 9.17) is 32.7 Å². The van der Waals surface area contributed by atoms with Crippen LogP contribution in [0, 0.1) is 0 Å². The van der Waals surface area contributed by atoms with Crippen LogP contribution in [0.2, 0.25) is 10.0 Å². The number of carbonyl (C=O) groups is 1. The van der Waals surface area contributed by atoms with Crippen molar-refractivity contribution in [1.82, 2.24) is 14.9 Å². The van der Waals surface area contributed by atoms with Crippen molar-refractivity contribution >= 4 is 55.6 Å². The quantitative estimate of drug-likeness (QED) is 0.414. The summed E-state index contributed by atoms with van der Waals surface area (Å²) in [6, 6.07) is 10.8. The number of methoxy groups -OCH3 is 1. The van der Waals surface area contributed by atoms with Crippen molar-refractivity contribution in [3.05, 3.63) is 58.1 Å². The van der Waals surface area contributed by atoms with E-state index in [1.54, 1.807) is 31.2 Å². The van der Waals surface area contributed by atoms with E-state index >= 15 is 0 Å². The van der Waals surface area contributed by atoms with Gasteiger partial charge in [0.15, 0.2) is 11.5 Å². The summed E-state index contributed by atoms with van der Waals surface area (Å²) in [6.07, 6.45) is 0. The molecule has 0 bridgehead atoms. The molecule has 3 rings (SSSR count). The molecule has 2 aromatic carbocycles. The predicted molar refractivity (Wildman–Crippen MR) is 123 cm³/mol. The third-order valence-electron chi connectivity index (χ3n) is 3.95. The number of hydrogen-bond acceptors (Lipinski definition) is 8. The summed E-state index contributed by atoms with van der Waals surface area (Å²) in [6.45, 7) is 1.69. The number of benzene rings is 2. The van der Waals surface area contributed by atoms with Crippen molar-refractivity contribution in [3.8, 4) is 11.5 Å². The monoisotopic (exact) mass is 516 g/mol. The maximum Gasteiger partial charge on any atom is 0.270 e. The lowest BCUT2D eigenvalue weighted by molar-refractivity contribution is 0.102. The zero-order valence-corrected chi connectivity index (χ0v) is 20.0. The number of para-hydroxylation sites is 2. The molecule has 1 amide bonds. The minimum absolute atomic E-state index is 0.000633.